The molecule has 1 rings (SSSR count). The predicted octanol–water partition coefficient (Wildman–Crippen LogP) is 9.39. The minimum Gasteiger partial charge on any atom is -0.507 e. The van der Waals surface area contributed by atoms with Gasteiger partial charge in [0.25, 0.3) is 0 Å². The van der Waals surface area contributed by atoms with E-state index < -0.39 is 17.9 Å². The highest BCUT2D eigenvalue weighted by molar-refractivity contribution is 5.99. The Kier molecular flexibility index (Phi) is 21.9. The van der Waals surface area contributed by atoms with Gasteiger partial charge in [0.2, 0.25) is 0 Å². The van der Waals surface area contributed by atoms with Gasteiger partial charge < -0.3 is 14.7 Å². The molecule has 1 aromatic carbocycles. The Hall–Kier alpha value is -4.13. The Balaban J connectivity index is 2.27. The molecule has 0 saturated heterocycles. The summed E-state index contributed by atoms with van der Waals surface area (Å²) in [4.78, 5) is 41.4. The van der Waals surface area contributed by atoms with Crippen LogP contribution in [-0.4, -0.2) is 23.0 Å². The van der Waals surface area contributed by atoms with E-state index in [1.165, 1.54) is 18.2 Å². The largest absolute Gasteiger partial charge is 0.507 e. The van der Waals surface area contributed by atoms with Gasteiger partial charge in [0.15, 0.2) is 0 Å². The van der Waals surface area contributed by atoms with Crippen LogP contribution in [0.3, 0.4) is 0 Å². The Morgan fingerprint density at radius 2 is 1.23 bits per heavy atom. The summed E-state index contributed by atoms with van der Waals surface area (Å²) in [6.07, 6.45) is 35.4. The molecule has 0 amide bonds. The third kappa shape index (κ3) is 20.4. The highest BCUT2D eigenvalue weighted by Crippen LogP contribution is 2.23. The van der Waals surface area contributed by atoms with Crippen LogP contribution in [0.2, 0.25) is 0 Å². The number of hydrogen-bond donors (Lipinski definition) is 2. The van der Waals surface area contributed by atoms with Crippen LogP contribution in [-0.2, 0) is 19.2 Å². The van der Waals surface area contributed by atoms with Gasteiger partial charge in [-0.25, -0.2) is 15.1 Å². The van der Waals surface area contributed by atoms with Crippen LogP contribution in [0, 0.1) is 0 Å². The van der Waals surface area contributed by atoms with Crippen molar-refractivity contribution in [2.75, 3.05) is 5.48 Å². The van der Waals surface area contributed by atoms with Crippen molar-refractivity contribution in [3.63, 3.8) is 0 Å². The average Bonchev–Trinajstić information content (AvgIpc) is 2.99. The lowest BCUT2D eigenvalue weighted by Crippen LogP contribution is -2.13. The van der Waals surface area contributed by atoms with Crippen molar-refractivity contribution in [1.82, 2.24) is 0 Å². The minimum absolute atomic E-state index is 0.0784. The van der Waals surface area contributed by atoms with E-state index in [9.17, 15) is 19.5 Å². The molecule has 0 spiro atoms. The molecule has 1 aromatic rings. The number of allylic oxidation sites excluding steroid dienone is 11. The predicted molar refractivity (Wildman–Crippen MR) is 174 cm³/mol. The van der Waals surface area contributed by atoms with E-state index in [1.807, 2.05) is 18.2 Å². The van der Waals surface area contributed by atoms with E-state index in [0.717, 1.165) is 64.2 Å². The first-order valence-corrected chi connectivity index (χ1v) is 15.4. The first-order chi connectivity index (χ1) is 21.0. The van der Waals surface area contributed by atoms with Crippen LogP contribution in [0.4, 0.5) is 5.69 Å². The topological polar surface area (TPSA) is 102 Å². The lowest BCUT2D eigenvalue weighted by atomic mass is 10.1. The van der Waals surface area contributed by atoms with E-state index in [0.29, 0.717) is 6.42 Å². The van der Waals surface area contributed by atoms with Crippen molar-refractivity contribution in [2.45, 2.75) is 97.3 Å². The molecule has 0 aliphatic heterocycles. The molecule has 0 radical (unpaired) electrons. The summed E-state index contributed by atoms with van der Waals surface area (Å²) >= 11 is 0. The standard InChI is InChI=1S/C36H49NO6/c1-3-5-7-9-10-11-12-13-14-15-16-17-18-19-20-21-23-24-26-34(39)42-36(41)32-30-31(28-29-33(32)38)37-43-35(40)27-25-22-8-6-4-2/h5,7,10-11,13-14,16-17,19-20,23-24,28-30,37-38H,3-4,6,8-9,12,15,18,21-22,25-27H2,1-2H3/b7-5-,11-10-,14-13-,17-16-,20-19-,24-23-. The van der Waals surface area contributed by atoms with E-state index >= 15 is 0 Å². The highest BCUT2D eigenvalue weighted by atomic mass is 16.7. The number of hydrogen-bond acceptors (Lipinski definition) is 7. The Bertz CT molecular complexity index is 1130. The molecule has 234 valence electrons. The van der Waals surface area contributed by atoms with E-state index in [2.05, 4.69) is 67.9 Å². The van der Waals surface area contributed by atoms with Crippen LogP contribution < -0.4 is 5.48 Å². The van der Waals surface area contributed by atoms with E-state index in [1.54, 1.807) is 6.08 Å². The zero-order chi connectivity index (χ0) is 31.4. The molecule has 43 heavy (non-hydrogen) atoms. The number of ether oxygens (including phenoxy) is 1. The number of nitrogens with one attached hydrogen (secondary N) is 1. The molecule has 0 saturated carbocycles. The van der Waals surface area contributed by atoms with Gasteiger partial charge in [0.05, 0.1) is 12.1 Å². The molecule has 0 aliphatic carbocycles. The fraction of sp³-hybridized carbons (Fsp3) is 0.417. The summed E-state index contributed by atoms with van der Waals surface area (Å²) in [5.41, 5.74) is 2.54. The molecule has 0 atom stereocenters. The van der Waals surface area contributed by atoms with Crippen molar-refractivity contribution in [2.24, 2.45) is 0 Å². The third-order valence-corrected chi connectivity index (χ3v) is 6.07. The van der Waals surface area contributed by atoms with Gasteiger partial charge >= 0.3 is 17.9 Å². The summed E-state index contributed by atoms with van der Waals surface area (Å²) in [5.74, 6) is -2.49. The van der Waals surface area contributed by atoms with Crippen molar-refractivity contribution in [3.8, 4) is 5.75 Å². The first kappa shape index (κ1) is 36.9. The molecule has 7 heteroatoms. The third-order valence-electron chi connectivity index (χ3n) is 6.07. The number of carbonyl (C=O) groups excluding carboxylic acids is 3. The maximum absolute atomic E-state index is 12.4. The molecular weight excluding hydrogens is 542 g/mol. The lowest BCUT2D eigenvalue weighted by molar-refractivity contribution is -0.141. The minimum atomic E-state index is -0.986. The average molecular weight is 592 g/mol. The number of anilines is 1. The Morgan fingerprint density at radius 3 is 1.79 bits per heavy atom. The van der Waals surface area contributed by atoms with Crippen molar-refractivity contribution >= 4 is 23.6 Å². The fourth-order valence-electron chi connectivity index (χ4n) is 3.70. The second kappa shape index (κ2) is 25.6. The number of esters is 2. The number of aromatic hydroxyl groups is 1. The molecular formula is C36H49NO6. The van der Waals surface area contributed by atoms with Crippen molar-refractivity contribution in [3.05, 3.63) is 96.7 Å². The molecule has 0 heterocycles. The second-order valence-electron chi connectivity index (χ2n) is 9.85. The monoisotopic (exact) mass is 591 g/mol. The number of phenols is 1. The van der Waals surface area contributed by atoms with Crippen molar-refractivity contribution < 1.29 is 29.1 Å². The quantitative estimate of drug-likeness (QED) is 0.0346. The van der Waals surface area contributed by atoms with Crippen LogP contribution in [0.1, 0.15) is 108 Å². The van der Waals surface area contributed by atoms with E-state index in [-0.39, 0.29) is 29.8 Å². The van der Waals surface area contributed by atoms with Crippen LogP contribution in [0.15, 0.2) is 91.1 Å². The van der Waals surface area contributed by atoms with Crippen LogP contribution in [0.25, 0.3) is 0 Å². The number of benzene rings is 1. The molecule has 0 fully saturated rings. The van der Waals surface area contributed by atoms with Gasteiger partial charge in [-0.15, -0.1) is 0 Å². The van der Waals surface area contributed by atoms with Gasteiger partial charge in [-0.3, -0.25) is 4.79 Å². The molecule has 0 aliphatic rings. The summed E-state index contributed by atoms with van der Waals surface area (Å²) in [6, 6.07) is 3.96. The zero-order valence-electron chi connectivity index (χ0n) is 25.8. The van der Waals surface area contributed by atoms with Gasteiger partial charge in [0, 0.05) is 6.42 Å². The molecule has 0 aromatic heterocycles. The molecule has 0 unspecified atom stereocenters. The number of phenolic OH excluding ortho intramolecular Hbond substituents is 1. The van der Waals surface area contributed by atoms with Gasteiger partial charge in [-0.1, -0.05) is 112 Å². The SMILES string of the molecule is CC/C=C\C/C=C\C/C=C\C/C=C\C/C=C\C/C=C\CC(=O)OC(=O)c1cc(NOC(=O)CCCCCCC)ccc1O. The fourth-order valence-corrected chi connectivity index (χ4v) is 3.70. The number of unbranched alkanes of at least 4 members (excludes halogenated alkanes) is 4. The smallest absolute Gasteiger partial charge is 0.349 e. The maximum Gasteiger partial charge on any atom is 0.349 e. The normalized spacial score (nSPS) is 12.0. The van der Waals surface area contributed by atoms with Gasteiger partial charge in [-0.2, -0.15) is 0 Å². The highest BCUT2D eigenvalue weighted by Gasteiger charge is 2.17. The Labute approximate surface area is 257 Å². The molecule has 0 bridgehead atoms. The lowest BCUT2D eigenvalue weighted by Gasteiger charge is -2.09. The summed E-state index contributed by atoms with van der Waals surface area (Å²) < 4.78 is 4.85. The second-order valence-corrected chi connectivity index (χ2v) is 9.85. The molecule has 7 nitrogen and oxygen atoms in total. The van der Waals surface area contributed by atoms with Gasteiger partial charge in [0.1, 0.15) is 11.3 Å². The summed E-state index contributed by atoms with van der Waals surface area (Å²) in [6.45, 7) is 4.26. The van der Waals surface area contributed by atoms with Crippen LogP contribution in [0.5, 0.6) is 5.75 Å². The molecule has 2 N–H and O–H groups in total. The maximum atomic E-state index is 12.4. The van der Waals surface area contributed by atoms with Crippen LogP contribution >= 0.6 is 0 Å². The number of rotatable bonds is 22. The van der Waals surface area contributed by atoms with Gasteiger partial charge in [-0.05, 0) is 63.1 Å². The first-order valence-electron chi connectivity index (χ1n) is 15.4. The summed E-state index contributed by atoms with van der Waals surface area (Å²) in [7, 11) is 0. The van der Waals surface area contributed by atoms with E-state index in [4.69, 9.17) is 9.57 Å². The zero-order valence-corrected chi connectivity index (χ0v) is 25.8. The summed E-state index contributed by atoms with van der Waals surface area (Å²) in [5, 5.41) is 10.0. The van der Waals surface area contributed by atoms with Crippen molar-refractivity contribution in [1.29, 1.82) is 0 Å². The number of carbonyl (C=O) groups is 3. The Morgan fingerprint density at radius 1 is 0.698 bits per heavy atom.